The number of piperidine rings is 1. The number of carbonyl (C=O) groups is 1. The largest absolute Gasteiger partial charge is 0.490 e. The molecule has 28 heavy (non-hydrogen) atoms. The molecule has 7 nitrogen and oxygen atoms in total. The minimum Gasteiger partial charge on any atom is -0.490 e. The minimum absolute atomic E-state index is 0.0903. The predicted molar refractivity (Wildman–Crippen MR) is 107 cm³/mol. The van der Waals surface area contributed by atoms with Gasteiger partial charge < -0.3 is 14.0 Å². The first-order valence-electron chi connectivity index (χ1n) is 9.92. The molecule has 2 aromatic rings. The second kappa shape index (κ2) is 9.59. The third kappa shape index (κ3) is 5.48. The number of nitrogens with zero attached hydrogens (tertiary/aromatic N) is 2. The van der Waals surface area contributed by atoms with Crippen molar-refractivity contribution < 1.29 is 18.8 Å². The number of aromatic nitrogens is 1. The molecule has 1 amide bonds. The van der Waals surface area contributed by atoms with E-state index in [1.165, 1.54) is 0 Å². The van der Waals surface area contributed by atoms with Gasteiger partial charge in [0.1, 0.15) is 6.10 Å². The lowest BCUT2D eigenvalue weighted by Gasteiger charge is -2.31. The van der Waals surface area contributed by atoms with Crippen molar-refractivity contribution in [1.29, 1.82) is 0 Å². The summed E-state index contributed by atoms with van der Waals surface area (Å²) < 4.78 is 16.9. The fourth-order valence-electron chi connectivity index (χ4n) is 3.19. The lowest BCUT2D eigenvalue weighted by molar-refractivity contribution is -0.117. The van der Waals surface area contributed by atoms with E-state index < -0.39 is 0 Å². The molecule has 3 rings (SSSR count). The van der Waals surface area contributed by atoms with E-state index in [4.69, 9.17) is 14.0 Å². The van der Waals surface area contributed by atoms with E-state index in [2.05, 4.69) is 15.4 Å². The number of amides is 1. The van der Waals surface area contributed by atoms with Crippen molar-refractivity contribution in [3.8, 4) is 11.5 Å². The fourth-order valence-corrected chi connectivity index (χ4v) is 3.19. The molecule has 0 spiro atoms. The molecule has 1 aliphatic heterocycles. The van der Waals surface area contributed by atoms with Gasteiger partial charge in [-0.25, -0.2) is 0 Å². The number of anilines is 1. The maximum absolute atomic E-state index is 12.3. The maximum atomic E-state index is 12.3. The SMILES string of the molecule is CCOc1ccccc1OC1CCN(CC(=O)Nc2cc(C(C)C)no2)CC1. The summed E-state index contributed by atoms with van der Waals surface area (Å²) in [4.78, 5) is 14.4. The Kier molecular flexibility index (Phi) is 6.92. The monoisotopic (exact) mass is 387 g/mol. The first-order chi connectivity index (χ1) is 13.5. The molecule has 152 valence electrons. The highest BCUT2D eigenvalue weighted by atomic mass is 16.5. The van der Waals surface area contributed by atoms with Crippen LogP contribution < -0.4 is 14.8 Å². The third-order valence-corrected chi connectivity index (χ3v) is 4.73. The van der Waals surface area contributed by atoms with E-state index in [1.54, 1.807) is 6.07 Å². The Bertz CT molecular complexity index is 767. The summed E-state index contributed by atoms with van der Waals surface area (Å²) in [5, 5.41) is 6.73. The average molecular weight is 387 g/mol. The molecule has 0 radical (unpaired) electrons. The van der Waals surface area contributed by atoms with Gasteiger partial charge in [0.25, 0.3) is 0 Å². The number of ether oxygens (including phenoxy) is 2. The number of hydrogen-bond donors (Lipinski definition) is 1. The van der Waals surface area contributed by atoms with Crippen LogP contribution in [0.3, 0.4) is 0 Å². The molecule has 7 heteroatoms. The summed E-state index contributed by atoms with van der Waals surface area (Å²) in [6.07, 6.45) is 1.87. The van der Waals surface area contributed by atoms with Gasteiger partial charge in [0, 0.05) is 19.2 Å². The third-order valence-electron chi connectivity index (χ3n) is 4.73. The van der Waals surface area contributed by atoms with Gasteiger partial charge in [-0.3, -0.25) is 15.0 Å². The highest BCUT2D eigenvalue weighted by Gasteiger charge is 2.23. The van der Waals surface area contributed by atoms with Gasteiger partial charge in [-0.15, -0.1) is 0 Å². The summed E-state index contributed by atoms with van der Waals surface area (Å²) in [6, 6.07) is 9.53. The molecule has 1 aromatic heterocycles. The van der Waals surface area contributed by atoms with E-state index in [9.17, 15) is 4.79 Å². The molecule has 0 aliphatic carbocycles. The number of likely N-dealkylation sites (tertiary alicyclic amines) is 1. The molecule has 1 aromatic carbocycles. The smallest absolute Gasteiger partial charge is 0.240 e. The van der Waals surface area contributed by atoms with Crippen molar-refractivity contribution in [2.24, 2.45) is 0 Å². The predicted octanol–water partition coefficient (Wildman–Crippen LogP) is 3.68. The highest BCUT2D eigenvalue weighted by molar-refractivity contribution is 5.90. The number of para-hydroxylation sites is 2. The van der Waals surface area contributed by atoms with Gasteiger partial charge in [-0.1, -0.05) is 31.1 Å². The van der Waals surface area contributed by atoms with Gasteiger partial charge in [0.05, 0.1) is 18.8 Å². The van der Waals surface area contributed by atoms with Crippen molar-refractivity contribution >= 4 is 11.8 Å². The molecule has 1 aliphatic rings. The molecular formula is C21H29N3O4. The standard InChI is InChI=1S/C21H29N3O4/c1-4-26-18-7-5-6-8-19(18)27-16-9-11-24(12-10-16)14-20(25)22-21-13-17(15(2)3)23-28-21/h5-8,13,15-16H,4,9-12,14H2,1-3H3,(H,22,25). The molecule has 1 saturated heterocycles. The van der Waals surface area contributed by atoms with Crippen LogP contribution in [0.15, 0.2) is 34.9 Å². The summed E-state index contributed by atoms with van der Waals surface area (Å²) in [7, 11) is 0. The van der Waals surface area contributed by atoms with Gasteiger partial charge in [0.15, 0.2) is 11.5 Å². The van der Waals surface area contributed by atoms with E-state index in [-0.39, 0.29) is 17.9 Å². The maximum Gasteiger partial charge on any atom is 0.240 e. The Morgan fingerprint density at radius 2 is 2.00 bits per heavy atom. The van der Waals surface area contributed by atoms with Crippen LogP contribution in [0, 0.1) is 0 Å². The van der Waals surface area contributed by atoms with Crippen LogP contribution in [-0.4, -0.2) is 48.3 Å². The topological polar surface area (TPSA) is 76.8 Å². The normalized spacial score (nSPS) is 15.6. The zero-order valence-electron chi connectivity index (χ0n) is 16.8. The van der Waals surface area contributed by atoms with Crippen molar-refractivity contribution in [3.63, 3.8) is 0 Å². The van der Waals surface area contributed by atoms with Gasteiger partial charge >= 0.3 is 0 Å². The Hall–Kier alpha value is -2.54. The number of benzene rings is 1. The summed E-state index contributed by atoms with van der Waals surface area (Å²) in [6.45, 7) is 8.58. The summed E-state index contributed by atoms with van der Waals surface area (Å²) in [5.41, 5.74) is 0.834. The zero-order valence-corrected chi connectivity index (χ0v) is 16.8. The van der Waals surface area contributed by atoms with Crippen LogP contribution >= 0.6 is 0 Å². The average Bonchev–Trinajstić information content (AvgIpc) is 3.14. The summed E-state index contributed by atoms with van der Waals surface area (Å²) >= 11 is 0. The molecular weight excluding hydrogens is 358 g/mol. The van der Waals surface area contributed by atoms with Gasteiger partial charge in [-0.05, 0) is 37.8 Å². The lowest BCUT2D eigenvalue weighted by Crippen LogP contribution is -2.42. The van der Waals surface area contributed by atoms with Crippen LogP contribution in [0.5, 0.6) is 11.5 Å². The second-order valence-corrected chi connectivity index (χ2v) is 7.29. The minimum atomic E-state index is -0.0903. The fraction of sp³-hybridized carbons (Fsp3) is 0.524. The molecule has 0 saturated carbocycles. The molecule has 1 fully saturated rings. The lowest BCUT2D eigenvalue weighted by atomic mass is 10.1. The molecule has 2 heterocycles. The van der Waals surface area contributed by atoms with Gasteiger partial charge in [-0.2, -0.15) is 0 Å². The first kappa shape index (κ1) is 20.2. The van der Waals surface area contributed by atoms with Crippen LogP contribution in [0.25, 0.3) is 0 Å². The highest BCUT2D eigenvalue weighted by Crippen LogP contribution is 2.29. The molecule has 0 unspecified atom stereocenters. The van der Waals surface area contributed by atoms with Crippen LogP contribution in [0.2, 0.25) is 0 Å². The van der Waals surface area contributed by atoms with E-state index >= 15 is 0 Å². The van der Waals surface area contributed by atoms with E-state index in [0.29, 0.717) is 19.0 Å². The zero-order chi connectivity index (χ0) is 19.9. The Morgan fingerprint density at radius 1 is 1.29 bits per heavy atom. The van der Waals surface area contributed by atoms with Crippen LogP contribution in [0.4, 0.5) is 5.88 Å². The number of hydrogen-bond acceptors (Lipinski definition) is 6. The molecule has 0 atom stereocenters. The first-order valence-corrected chi connectivity index (χ1v) is 9.92. The van der Waals surface area contributed by atoms with Crippen molar-refractivity contribution in [1.82, 2.24) is 10.1 Å². The van der Waals surface area contributed by atoms with Gasteiger partial charge in [0.2, 0.25) is 11.8 Å². The number of carbonyl (C=O) groups excluding carboxylic acids is 1. The Balaban J connectivity index is 1.44. The molecule has 0 bridgehead atoms. The van der Waals surface area contributed by atoms with Crippen molar-refractivity contribution in [3.05, 3.63) is 36.0 Å². The van der Waals surface area contributed by atoms with E-state index in [0.717, 1.165) is 43.1 Å². The van der Waals surface area contributed by atoms with Crippen LogP contribution in [-0.2, 0) is 4.79 Å². The Labute approximate surface area is 166 Å². The van der Waals surface area contributed by atoms with E-state index in [1.807, 2.05) is 45.0 Å². The van der Waals surface area contributed by atoms with Crippen molar-refractivity contribution in [2.45, 2.75) is 45.6 Å². The molecule has 1 N–H and O–H groups in total. The number of rotatable bonds is 8. The Morgan fingerprint density at radius 3 is 2.64 bits per heavy atom. The van der Waals surface area contributed by atoms with Crippen LogP contribution in [0.1, 0.15) is 45.2 Å². The van der Waals surface area contributed by atoms with Crippen molar-refractivity contribution in [2.75, 3.05) is 31.6 Å². The summed E-state index contributed by atoms with van der Waals surface area (Å²) in [5.74, 6) is 2.14. The second-order valence-electron chi connectivity index (χ2n) is 7.29. The number of nitrogens with one attached hydrogen (secondary N) is 1. The quantitative estimate of drug-likeness (QED) is 0.745.